The van der Waals surface area contributed by atoms with Crippen molar-refractivity contribution in [3.8, 4) is 0 Å². The lowest BCUT2D eigenvalue weighted by atomic mass is 10.3. The predicted molar refractivity (Wildman–Crippen MR) is 71.0 cm³/mol. The molecule has 1 aromatic carbocycles. The van der Waals surface area contributed by atoms with Crippen molar-refractivity contribution in [1.82, 2.24) is 5.32 Å². The first kappa shape index (κ1) is 12.9. The highest BCUT2D eigenvalue weighted by Gasteiger charge is 2.18. The molecule has 0 saturated carbocycles. The van der Waals surface area contributed by atoms with Crippen molar-refractivity contribution in [2.75, 3.05) is 11.4 Å². The summed E-state index contributed by atoms with van der Waals surface area (Å²) in [5, 5.41) is 2.29. The molecule has 0 atom stereocenters. The standard InChI is InChI=1S/C14H14N2O3/c1-2-16(11-7-4-3-5-8-11)14(18)15-13(17)12-9-6-10-19-12/h3-10H,2H2,1H3,(H,15,17,18). The van der Waals surface area contributed by atoms with Gasteiger partial charge in [-0.05, 0) is 31.2 Å². The van der Waals surface area contributed by atoms with Gasteiger partial charge in [-0.1, -0.05) is 18.2 Å². The van der Waals surface area contributed by atoms with Gasteiger partial charge in [-0.25, -0.2) is 4.79 Å². The van der Waals surface area contributed by atoms with E-state index in [2.05, 4.69) is 5.32 Å². The number of carbonyl (C=O) groups excluding carboxylic acids is 2. The maximum absolute atomic E-state index is 12.0. The number of nitrogens with one attached hydrogen (secondary N) is 1. The lowest BCUT2D eigenvalue weighted by Crippen LogP contribution is -2.42. The molecule has 0 aliphatic rings. The van der Waals surface area contributed by atoms with E-state index < -0.39 is 11.9 Å². The van der Waals surface area contributed by atoms with Gasteiger partial charge in [0, 0.05) is 12.2 Å². The Bertz CT molecular complexity index is 549. The van der Waals surface area contributed by atoms with E-state index in [4.69, 9.17) is 4.42 Å². The van der Waals surface area contributed by atoms with Crippen molar-refractivity contribution in [3.63, 3.8) is 0 Å². The van der Waals surface area contributed by atoms with Gasteiger partial charge in [0.1, 0.15) is 0 Å². The molecule has 3 amide bonds. The number of anilines is 1. The van der Waals surface area contributed by atoms with Crippen molar-refractivity contribution >= 4 is 17.6 Å². The fraction of sp³-hybridized carbons (Fsp3) is 0.143. The number of carbonyl (C=O) groups is 2. The Labute approximate surface area is 110 Å². The van der Waals surface area contributed by atoms with Crippen LogP contribution in [0, 0.1) is 0 Å². The largest absolute Gasteiger partial charge is 0.459 e. The summed E-state index contributed by atoms with van der Waals surface area (Å²) in [6.07, 6.45) is 1.38. The molecule has 0 aliphatic heterocycles. The maximum atomic E-state index is 12.0. The highest BCUT2D eigenvalue weighted by Crippen LogP contribution is 2.13. The molecule has 0 bridgehead atoms. The second kappa shape index (κ2) is 5.86. The fourth-order valence-electron chi connectivity index (χ4n) is 1.69. The van der Waals surface area contributed by atoms with Crippen LogP contribution >= 0.6 is 0 Å². The van der Waals surface area contributed by atoms with Gasteiger partial charge in [0.15, 0.2) is 5.76 Å². The topological polar surface area (TPSA) is 62.6 Å². The molecule has 2 rings (SSSR count). The number of hydrogen-bond donors (Lipinski definition) is 1. The van der Waals surface area contributed by atoms with Gasteiger partial charge in [0.2, 0.25) is 0 Å². The number of amides is 3. The summed E-state index contributed by atoms with van der Waals surface area (Å²) in [6.45, 7) is 2.30. The average molecular weight is 258 g/mol. The molecular weight excluding hydrogens is 244 g/mol. The third-order valence-corrected chi connectivity index (χ3v) is 2.59. The van der Waals surface area contributed by atoms with E-state index in [0.717, 1.165) is 5.69 Å². The smallest absolute Gasteiger partial charge is 0.328 e. The first-order valence-electron chi connectivity index (χ1n) is 5.93. The number of hydrogen-bond acceptors (Lipinski definition) is 3. The van der Waals surface area contributed by atoms with E-state index in [9.17, 15) is 9.59 Å². The molecule has 0 fully saturated rings. The second-order valence-electron chi connectivity index (χ2n) is 3.82. The normalized spacial score (nSPS) is 9.95. The zero-order valence-electron chi connectivity index (χ0n) is 10.5. The summed E-state index contributed by atoms with van der Waals surface area (Å²) < 4.78 is 4.93. The molecule has 5 heteroatoms. The summed E-state index contributed by atoms with van der Waals surface area (Å²) in [5.41, 5.74) is 0.731. The molecule has 19 heavy (non-hydrogen) atoms. The van der Waals surface area contributed by atoms with Gasteiger partial charge in [-0.3, -0.25) is 15.0 Å². The zero-order valence-corrected chi connectivity index (χ0v) is 10.5. The molecule has 1 N–H and O–H groups in total. The molecule has 1 heterocycles. The highest BCUT2D eigenvalue weighted by atomic mass is 16.3. The summed E-state index contributed by atoms with van der Waals surface area (Å²) in [4.78, 5) is 25.2. The van der Waals surface area contributed by atoms with E-state index in [1.807, 2.05) is 25.1 Å². The van der Waals surface area contributed by atoms with Crippen molar-refractivity contribution in [2.45, 2.75) is 6.92 Å². The second-order valence-corrected chi connectivity index (χ2v) is 3.82. The third-order valence-electron chi connectivity index (χ3n) is 2.59. The number of rotatable bonds is 3. The number of imide groups is 1. The quantitative estimate of drug-likeness (QED) is 0.920. The Morgan fingerprint density at radius 2 is 1.89 bits per heavy atom. The Kier molecular flexibility index (Phi) is 3.97. The minimum absolute atomic E-state index is 0.109. The van der Waals surface area contributed by atoms with Gasteiger partial charge >= 0.3 is 6.03 Å². The first-order chi connectivity index (χ1) is 9.22. The molecular formula is C14H14N2O3. The number of furan rings is 1. The maximum Gasteiger partial charge on any atom is 0.328 e. The third kappa shape index (κ3) is 3.01. The van der Waals surface area contributed by atoms with Crippen LogP contribution in [-0.2, 0) is 0 Å². The Morgan fingerprint density at radius 1 is 1.16 bits per heavy atom. The van der Waals surface area contributed by atoms with Gasteiger partial charge in [-0.2, -0.15) is 0 Å². The van der Waals surface area contributed by atoms with Gasteiger partial charge in [0.25, 0.3) is 5.91 Å². The molecule has 0 aliphatic carbocycles. The molecule has 0 unspecified atom stereocenters. The van der Waals surface area contributed by atoms with E-state index in [0.29, 0.717) is 6.54 Å². The van der Waals surface area contributed by atoms with Crippen LogP contribution in [0.5, 0.6) is 0 Å². The van der Waals surface area contributed by atoms with E-state index >= 15 is 0 Å². The van der Waals surface area contributed by atoms with Crippen LogP contribution in [0.4, 0.5) is 10.5 Å². The van der Waals surface area contributed by atoms with E-state index in [-0.39, 0.29) is 5.76 Å². The molecule has 98 valence electrons. The van der Waals surface area contributed by atoms with Gasteiger partial charge in [-0.15, -0.1) is 0 Å². The minimum Gasteiger partial charge on any atom is -0.459 e. The van der Waals surface area contributed by atoms with Crippen LogP contribution < -0.4 is 10.2 Å². The highest BCUT2D eigenvalue weighted by molar-refractivity contribution is 6.07. The number of para-hydroxylation sites is 1. The molecule has 2 aromatic rings. The van der Waals surface area contributed by atoms with Gasteiger partial charge < -0.3 is 4.42 Å². The van der Waals surface area contributed by atoms with Crippen LogP contribution in [0.15, 0.2) is 53.1 Å². The first-order valence-corrected chi connectivity index (χ1v) is 5.93. The van der Waals surface area contributed by atoms with E-state index in [1.165, 1.54) is 17.2 Å². The van der Waals surface area contributed by atoms with Gasteiger partial charge in [0.05, 0.1) is 6.26 Å². The van der Waals surface area contributed by atoms with Crippen LogP contribution in [0.2, 0.25) is 0 Å². The van der Waals surface area contributed by atoms with Crippen LogP contribution in [0.25, 0.3) is 0 Å². The predicted octanol–water partition coefficient (Wildman–Crippen LogP) is 2.66. The van der Waals surface area contributed by atoms with Crippen LogP contribution in [0.3, 0.4) is 0 Å². The molecule has 5 nitrogen and oxygen atoms in total. The number of benzene rings is 1. The molecule has 1 aromatic heterocycles. The fourth-order valence-corrected chi connectivity index (χ4v) is 1.69. The van der Waals surface area contributed by atoms with Crippen LogP contribution in [-0.4, -0.2) is 18.5 Å². The van der Waals surface area contributed by atoms with Crippen molar-refractivity contribution in [2.24, 2.45) is 0 Å². The van der Waals surface area contributed by atoms with Crippen molar-refractivity contribution in [3.05, 3.63) is 54.5 Å². The summed E-state index contributed by atoms with van der Waals surface area (Å²) in [6, 6.07) is 11.8. The lowest BCUT2D eigenvalue weighted by molar-refractivity contribution is 0.0938. The van der Waals surface area contributed by atoms with Crippen LogP contribution in [0.1, 0.15) is 17.5 Å². The van der Waals surface area contributed by atoms with E-state index in [1.54, 1.807) is 18.2 Å². The average Bonchev–Trinajstić information content (AvgIpc) is 2.94. The summed E-state index contributed by atoms with van der Waals surface area (Å²) >= 11 is 0. The number of nitrogens with zero attached hydrogens (tertiary/aromatic N) is 1. The summed E-state index contributed by atoms with van der Waals surface area (Å²) in [7, 11) is 0. The lowest BCUT2D eigenvalue weighted by Gasteiger charge is -2.20. The SMILES string of the molecule is CCN(C(=O)NC(=O)c1ccco1)c1ccccc1. The Morgan fingerprint density at radius 3 is 2.47 bits per heavy atom. The monoisotopic (exact) mass is 258 g/mol. The molecule has 0 saturated heterocycles. The zero-order chi connectivity index (χ0) is 13.7. The number of urea groups is 1. The molecule has 0 spiro atoms. The Hall–Kier alpha value is -2.56. The minimum atomic E-state index is -0.551. The van der Waals surface area contributed by atoms with Crippen molar-refractivity contribution < 1.29 is 14.0 Å². The summed E-state index contributed by atoms with van der Waals surface area (Å²) in [5.74, 6) is -0.443. The Balaban J connectivity index is 2.08. The molecule has 0 radical (unpaired) electrons. The van der Waals surface area contributed by atoms with Crippen molar-refractivity contribution in [1.29, 1.82) is 0 Å².